The van der Waals surface area contributed by atoms with Crippen molar-refractivity contribution in [1.82, 2.24) is 15.3 Å². The quantitative estimate of drug-likeness (QED) is 0.814. The van der Waals surface area contributed by atoms with Crippen LogP contribution in [0, 0.1) is 5.41 Å². The lowest BCUT2D eigenvalue weighted by molar-refractivity contribution is 0.154. The van der Waals surface area contributed by atoms with E-state index in [2.05, 4.69) is 39.5 Å². The van der Waals surface area contributed by atoms with Crippen LogP contribution in [0.25, 0.3) is 11.3 Å². The van der Waals surface area contributed by atoms with Crippen molar-refractivity contribution in [3.63, 3.8) is 0 Å². The molecule has 0 saturated carbocycles. The molecule has 0 amide bonds. The Bertz CT molecular complexity index is 831. The van der Waals surface area contributed by atoms with Gasteiger partial charge in [0, 0.05) is 24.2 Å². The number of nitrogens with one attached hydrogen (secondary N) is 1. The van der Waals surface area contributed by atoms with Gasteiger partial charge in [0.05, 0.1) is 5.69 Å². The van der Waals surface area contributed by atoms with Crippen LogP contribution in [0.15, 0.2) is 24.3 Å². The average Bonchev–Trinajstić information content (AvgIpc) is 2.88. The molecule has 2 aliphatic heterocycles. The second-order valence-electron chi connectivity index (χ2n) is 8.48. The summed E-state index contributed by atoms with van der Waals surface area (Å²) in [7, 11) is 0. The van der Waals surface area contributed by atoms with E-state index in [4.69, 9.17) is 10.7 Å². The molecule has 2 aromatic rings. The molecule has 0 atom stereocenters. The molecule has 3 heterocycles. The van der Waals surface area contributed by atoms with E-state index in [1.54, 1.807) is 0 Å². The zero-order chi connectivity index (χ0) is 18.3. The van der Waals surface area contributed by atoms with E-state index < -0.39 is 0 Å². The van der Waals surface area contributed by atoms with Crippen LogP contribution < -0.4 is 16.0 Å². The highest BCUT2D eigenvalue weighted by molar-refractivity contribution is 5.74. The van der Waals surface area contributed by atoms with Crippen molar-refractivity contribution in [3.8, 4) is 11.3 Å². The van der Waals surface area contributed by atoms with Gasteiger partial charge < -0.3 is 16.0 Å². The Morgan fingerprint density at radius 3 is 2.56 bits per heavy atom. The lowest BCUT2D eigenvalue weighted by Crippen LogP contribution is -2.46. The minimum Gasteiger partial charge on any atom is -0.368 e. The van der Waals surface area contributed by atoms with E-state index in [9.17, 15) is 0 Å². The maximum Gasteiger partial charge on any atom is 0.222 e. The molecule has 142 valence electrons. The third-order valence-electron chi connectivity index (χ3n) is 6.94. The van der Waals surface area contributed by atoms with Gasteiger partial charge in [-0.1, -0.05) is 24.3 Å². The van der Waals surface area contributed by atoms with Gasteiger partial charge in [0.1, 0.15) is 5.82 Å². The maximum atomic E-state index is 6.18. The highest BCUT2D eigenvalue weighted by atomic mass is 15.2. The van der Waals surface area contributed by atoms with Gasteiger partial charge in [-0.25, -0.2) is 4.98 Å². The summed E-state index contributed by atoms with van der Waals surface area (Å²) < 4.78 is 0. The number of fused-ring (bicyclic) bond motifs is 3. The van der Waals surface area contributed by atoms with Crippen molar-refractivity contribution >= 4 is 11.8 Å². The number of rotatable bonds is 1. The lowest BCUT2D eigenvalue weighted by Gasteiger charge is -2.45. The molecule has 0 radical (unpaired) electrons. The smallest absolute Gasteiger partial charge is 0.222 e. The van der Waals surface area contributed by atoms with Crippen LogP contribution in [-0.2, 0) is 12.8 Å². The first-order valence-corrected chi connectivity index (χ1v) is 10.4. The summed E-state index contributed by atoms with van der Waals surface area (Å²) in [6.07, 6.45) is 8.45. The van der Waals surface area contributed by atoms with Crippen LogP contribution in [0.2, 0.25) is 0 Å². The first-order valence-electron chi connectivity index (χ1n) is 10.4. The summed E-state index contributed by atoms with van der Waals surface area (Å²) in [6.45, 7) is 4.52. The molecule has 0 unspecified atom stereocenters. The van der Waals surface area contributed by atoms with Crippen LogP contribution in [-0.4, -0.2) is 36.1 Å². The van der Waals surface area contributed by atoms with Gasteiger partial charge in [-0.15, -0.1) is 0 Å². The van der Waals surface area contributed by atoms with Gasteiger partial charge in [0.2, 0.25) is 5.95 Å². The van der Waals surface area contributed by atoms with E-state index in [1.807, 2.05) is 0 Å². The fourth-order valence-electron chi connectivity index (χ4n) is 5.28. The molecule has 3 aliphatic rings. The second kappa shape index (κ2) is 6.79. The fraction of sp³-hybridized carbons (Fsp3) is 0.545. The SMILES string of the molecule is Nc1nc2c(c(N3CCC4(CCNCC4)CC3)n1)CCCc1ccccc1-2. The number of aromatic nitrogens is 2. The Morgan fingerprint density at radius 2 is 1.74 bits per heavy atom. The van der Waals surface area contributed by atoms with Gasteiger partial charge >= 0.3 is 0 Å². The molecule has 2 fully saturated rings. The molecule has 0 bridgehead atoms. The van der Waals surface area contributed by atoms with E-state index in [0.29, 0.717) is 11.4 Å². The third kappa shape index (κ3) is 3.08. The predicted molar refractivity (Wildman–Crippen MR) is 110 cm³/mol. The number of nitrogens with zero attached hydrogens (tertiary/aromatic N) is 3. The zero-order valence-electron chi connectivity index (χ0n) is 16.0. The highest BCUT2D eigenvalue weighted by Crippen LogP contribution is 2.42. The van der Waals surface area contributed by atoms with Crippen molar-refractivity contribution < 1.29 is 0 Å². The molecule has 1 aromatic heterocycles. The summed E-state index contributed by atoms with van der Waals surface area (Å²) in [5, 5.41) is 3.51. The lowest BCUT2D eigenvalue weighted by atomic mass is 9.71. The molecule has 27 heavy (non-hydrogen) atoms. The molecular formula is C22H29N5. The summed E-state index contributed by atoms with van der Waals surface area (Å²) in [5.41, 5.74) is 11.7. The van der Waals surface area contributed by atoms with Crippen molar-refractivity contribution in [2.45, 2.75) is 44.9 Å². The molecule has 1 aromatic carbocycles. The summed E-state index contributed by atoms with van der Waals surface area (Å²) in [6, 6.07) is 8.65. The molecule has 5 rings (SSSR count). The van der Waals surface area contributed by atoms with Crippen molar-refractivity contribution in [1.29, 1.82) is 0 Å². The van der Waals surface area contributed by atoms with E-state index in [1.165, 1.54) is 55.5 Å². The number of hydrogen-bond acceptors (Lipinski definition) is 5. The molecule has 2 saturated heterocycles. The topological polar surface area (TPSA) is 67.1 Å². The molecule has 3 N–H and O–H groups in total. The number of aryl methyl sites for hydroxylation is 1. The van der Waals surface area contributed by atoms with Crippen LogP contribution >= 0.6 is 0 Å². The van der Waals surface area contributed by atoms with Crippen LogP contribution in [0.5, 0.6) is 0 Å². The minimum atomic E-state index is 0.405. The third-order valence-corrected chi connectivity index (χ3v) is 6.94. The normalized spacial score (nSPS) is 21.4. The first-order chi connectivity index (χ1) is 13.2. The number of anilines is 2. The Hall–Kier alpha value is -2.14. The van der Waals surface area contributed by atoms with Crippen LogP contribution in [0.4, 0.5) is 11.8 Å². The maximum absolute atomic E-state index is 6.18. The highest BCUT2D eigenvalue weighted by Gasteiger charge is 2.36. The summed E-state index contributed by atoms with van der Waals surface area (Å²) >= 11 is 0. The van der Waals surface area contributed by atoms with Crippen molar-refractivity contribution in [3.05, 3.63) is 35.4 Å². The Balaban J connectivity index is 1.49. The summed E-state index contributed by atoms with van der Waals surface area (Å²) in [4.78, 5) is 11.9. The number of nitrogen functional groups attached to an aromatic ring is 1. The molecular weight excluding hydrogens is 334 g/mol. The fourth-order valence-corrected chi connectivity index (χ4v) is 5.28. The number of benzene rings is 1. The molecule has 1 spiro atoms. The van der Waals surface area contributed by atoms with E-state index in [0.717, 1.165) is 43.9 Å². The Morgan fingerprint density at radius 1 is 0.963 bits per heavy atom. The second-order valence-corrected chi connectivity index (χ2v) is 8.48. The first kappa shape index (κ1) is 17.0. The predicted octanol–water partition coefficient (Wildman–Crippen LogP) is 3.18. The molecule has 5 nitrogen and oxygen atoms in total. The molecule has 5 heteroatoms. The van der Waals surface area contributed by atoms with Gasteiger partial charge in [0.25, 0.3) is 0 Å². The molecule has 1 aliphatic carbocycles. The largest absolute Gasteiger partial charge is 0.368 e. The van der Waals surface area contributed by atoms with E-state index >= 15 is 0 Å². The Labute approximate surface area is 161 Å². The van der Waals surface area contributed by atoms with Gasteiger partial charge in [-0.2, -0.15) is 4.98 Å². The minimum absolute atomic E-state index is 0.405. The monoisotopic (exact) mass is 363 g/mol. The number of hydrogen-bond donors (Lipinski definition) is 2. The Kier molecular flexibility index (Phi) is 4.27. The van der Waals surface area contributed by atoms with Crippen molar-refractivity contribution in [2.24, 2.45) is 5.41 Å². The zero-order valence-corrected chi connectivity index (χ0v) is 16.0. The number of piperidine rings is 2. The standard InChI is InChI=1S/C22H29N5/c23-21-25-19-17-6-2-1-4-16(17)5-3-7-18(19)20(26-21)27-14-10-22(11-15-27)8-12-24-13-9-22/h1-2,4,6,24H,3,5,7-15H2,(H2,23,25,26). The van der Waals surface area contributed by atoms with Crippen molar-refractivity contribution in [2.75, 3.05) is 36.8 Å². The summed E-state index contributed by atoms with van der Waals surface area (Å²) in [5.74, 6) is 1.50. The van der Waals surface area contributed by atoms with Crippen LogP contribution in [0.3, 0.4) is 0 Å². The van der Waals surface area contributed by atoms with Gasteiger partial charge in [0.15, 0.2) is 0 Å². The van der Waals surface area contributed by atoms with Gasteiger partial charge in [-0.05, 0) is 69.0 Å². The average molecular weight is 364 g/mol. The van der Waals surface area contributed by atoms with Crippen LogP contribution in [0.1, 0.15) is 43.2 Å². The number of nitrogens with two attached hydrogens (primary N) is 1. The van der Waals surface area contributed by atoms with Gasteiger partial charge in [-0.3, -0.25) is 0 Å². The van der Waals surface area contributed by atoms with E-state index in [-0.39, 0.29) is 0 Å².